The van der Waals surface area contributed by atoms with Crippen molar-refractivity contribution in [2.45, 2.75) is 56.5 Å². The number of hydrogen-bond donors (Lipinski definition) is 1. The number of halogens is 3. The topological polar surface area (TPSA) is 49.4 Å². The third kappa shape index (κ3) is 8.41. The molecule has 4 rings (SSSR count). The van der Waals surface area contributed by atoms with Gasteiger partial charge in [0.25, 0.3) is 0 Å². The van der Waals surface area contributed by atoms with Crippen LogP contribution in [0.5, 0.6) is 0 Å². The summed E-state index contributed by atoms with van der Waals surface area (Å²) in [7, 11) is 0. The Labute approximate surface area is 244 Å². The van der Waals surface area contributed by atoms with Gasteiger partial charge in [0.15, 0.2) is 0 Å². The summed E-state index contributed by atoms with van der Waals surface area (Å²) in [6, 6.07) is 22.1. The number of thioether (sulfide) groups is 1. The molecule has 1 aliphatic carbocycles. The number of carbonyl (C=O) groups excluding carboxylic acids is 2. The molecule has 1 saturated carbocycles. The lowest BCUT2D eigenvalue weighted by Crippen LogP contribution is -2.52. The molecule has 200 valence electrons. The van der Waals surface area contributed by atoms with Crippen LogP contribution in [0.15, 0.2) is 72.8 Å². The van der Waals surface area contributed by atoms with Crippen LogP contribution in [-0.2, 0) is 28.3 Å². The van der Waals surface area contributed by atoms with E-state index in [2.05, 4.69) is 5.32 Å². The molecule has 0 spiro atoms. The summed E-state index contributed by atoms with van der Waals surface area (Å²) in [5.74, 6) is 0.658. The molecule has 1 unspecified atom stereocenters. The van der Waals surface area contributed by atoms with Crippen molar-refractivity contribution in [1.29, 1.82) is 0 Å². The van der Waals surface area contributed by atoms with E-state index in [9.17, 15) is 9.59 Å². The molecule has 2 amide bonds. The molecule has 0 aliphatic heterocycles. The first kappa shape index (κ1) is 28.8. The smallest absolute Gasteiger partial charge is 0.243 e. The molecule has 4 nitrogen and oxygen atoms in total. The maximum absolute atomic E-state index is 13.8. The number of nitrogens with one attached hydrogen (secondary N) is 1. The van der Waals surface area contributed by atoms with Gasteiger partial charge < -0.3 is 10.2 Å². The summed E-state index contributed by atoms with van der Waals surface area (Å²) in [6.45, 7) is 0.214. The number of rotatable bonds is 11. The van der Waals surface area contributed by atoms with Gasteiger partial charge in [-0.25, -0.2) is 0 Å². The fourth-order valence-electron chi connectivity index (χ4n) is 4.67. The maximum Gasteiger partial charge on any atom is 0.243 e. The van der Waals surface area contributed by atoms with E-state index in [4.69, 9.17) is 34.8 Å². The van der Waals surface area contributed by atoms with E-state index in [0.717, 1.165) is 42.4 Å². The Kier molecular flexibility index (Phi) is 10.8. The highest BCUT2D eigenvalue weighted by Gasteiger charge is 2.32. The molecule has 1 aliphatic rings. The summed E-state index contributed by atoms with van der Waals surface area (Å²) >= 11 is 20.2. The first-order valence-corrected chi connectivity index (χ1v) is 15.1. The molecule has 1 N–H and O–H groups in total. The van der Waals surface area contributed by atoms with E-state index in [0.29, 0.717) is 27.2 Å². The minimum atomic E-state index is -0.673. The van der Waals surface area contributed by atoms with E-state index >= 15 is 0 Å². The Hall–Kier alpha value is -2.18. The molecule has 3 aromatic rings. The van der Waals surface area contributed by atoms with Gasteiger partial charge in [0.1, 0.15) is 6.04 Å². The number of hydrogen-bond acceptors (Lipinski definition) is 3. The summed E-state index contributed by atoms with van der Waals surface area (Å²) in [5.41, 5.74) is 2.83. The van der Waals surface area contributed by atoms with Crippen molar-refractivity contribution in [2.75, 3.05) is 5.75 Å². The minimum Gasteiger partial charge on any atom is -0.352 e. The molecule has 0 bridgehead atoms. The zero-order valence-electron chi connectivity index (χ0n) is 21.0. The Balaban J connectivity index is 1.58. The van der Waals surface area contributed by atoms with Crippen LogP contribution < -0.4 is 5.32 Å². The van der Waals surface area contributed by atoms with Crippen LogP contribution in [0, 0.1) is 0 Å². The van der Waals surface area contributed by atoms with Crippen LogP contribution in [0.3, 0.4) is 0 Å². The fourth-order valence-corrected chi connectivity index (χ4v) is 6.14. The zero-order chi connectivity index (χ0) is 26.9. The highest BCUT2D eigenvalue weighted by Crippen LogP contribution is 2.26. The zero-order valence-corrected chi connectivity index (χ0v) is 24.1. The van der Waals surface area contributed by atoms with Crippen LogP contribution in [0.25, 0.3) is 0 Å². The summed E-state index contributed by atoms with van der Waals surface area (Å²) in [6.07, 6.45) is 4.57. The van der Waals surface area contributed by atoms with Gasteiger partial charge in [0, 0.05) is 39.8 Å². The quantitative estimate of drug-likeness (QED) is 0.251. The van der Waals surface area contributed by atoms with Crippen molar-refractivity contribution >= 4 is 58.4 Å². The number of amides is 2. The number of benzene rings is 3. The molecule has 38 heavy (non-hydrogen) atoms. The molecular formula is C30H31Cl3N2O2S. The van der Waals surface area contributed by atoms with Gasteiger partial charge in [0.2, 0.25) is 11.8 Å². The second-order valence-electron chi connectivity index (χ2n) is 9.57. The highest BCUT2D eigenvalue weighted by molar-refractivity contribution is 7.99. The summed E-state index contributed by atoms with van der Waals surface area (Å²) in [4.78, 5) is 29.2. The Morgan fingerprint density at radius 1 is 0.895 bits per heavy atom. The third-order valence-corrected chi connectivity index (χ3v) is 8.56. The molecule has 0 radical (unpaired) electrons. The second kappa shape index (κ2) is 14.3. The second-order valence-corrected chi connectivity index (χ2v) is 11.8. The van der Waals surface area contributed by atoms with Gasteiger partial charge >= 0.3 is 0 Å². The molecule has 3 aromatic carbocycles. The van der Waals surface area contributed by atoms with Gasteiger partial charge in [-0.2, -0.15) is 0 Å². The molecule has 0 saturated heterocycles. The van der Waals surface area contributed by atoms with Gasteiger partial charge in [-0.05, 0) is 53.8 Å². The lowest BCUT2D eigenvalue weighted by Gasteiger charge is -2.32. The van der Waals surface area contributed by atoms with Gasteiger partial charge in [-0.3, -0.25) is 9.59 Å². The molecular weight excluding hydrogens is 559 g/mol. The van der Waals surface area contributed by atoms with Crippen molar-refractivity contribution in [2.24, 2.45) is 0 Å². The van der Waals surface area contributed by atoms with E-state index in [1.807, 2.05) is 60.7 Å². The van der Waals surface area contributed by atoms with Gasteiger partial charge in [-0.1, -0.05) is 96.2 Å². The number of nitrogens with zero attached hydrogens (tertiary/aromatic N) is 1. The predicted octanol–water partition coefficient (Wildman–Crippen LogP) is 7.58. The van der Waals surface area contributed by atoms with Crippen molar-refractivity contribution in [3.63, 3.8) is 0 Å². The van der Waals surface area contributed by atoms with Crippen LogP contribution in [-0.4, -0.2) is 34.6 Å². The summed E-state index contributed by atoms with van der Waals surface area (Å²) < 4.78 is 0. The normalized spacial score (nSPS) is 14.3. The monoisotopic (exact) mass is 588 g/mol. The number of carbonyl (C=O) groups is 2. The third-order valence-electron chi connectivity index (χ3n) is 6.74. The van der Waals surface area contributed by atoms with E-state index in [1.165, 1.54) is 11.8 Å². The standard InChI is InChI=1S/C30H31Cl3N2O2S/c31-24-13-10-22(11-14-24)19-38-20-29(36)35(18-23-12-15-25(32)17-27(23)33)28(16-21-6-2-1-3-7-21)30(37)34-26-8-4-5-9-26/h1-3,6-7,10-15,17,26,28H,4-5,8-9,16,18-20H2,(H,34,37). The van der Waals surface area contributed by atoms with Crippen LogP contribution in [0.4, 0.5) is 0 Å². The van der Waals surface area contributed by atoms with Crippen molar-refractivity contribution in [1.82, 2.24) is 10.2 Å². The Bertz CT molecular complexity index is 1220. The lowest BCUT2D eigenvalue weighted by molar-refractivity contribution is -0.139. The lowest BCUT2D eigenvalue weighted by atomic mass is 10.0. The fraction of sp³-hybridized carbons (Fsp3) is 0.333. The molecule has 0 aromatic heterocycles. The van der Waals surface area contributed by atoms with Crippen LogP contribution in [0.1, 0.15) is 42.4 Å². The molecule has 1 fully saturated rings. The molecule has 0 heterocycles. The van der Waals surface area contributed by atoms with Crippen LogP contribution in [0.2, 0.25) is 15.1 Å². The van der Waals surface area contributed by atoms with Crippen molar-refractivity contribution in [3.8, 4) is 0 Å². The van der Waals surface area contributed by atoms with Crippen LogP contribution >= 0.6 is 46.6 Å². The largest absolute Gasteiger partial charge is 0.352 e. The first-order valence-electron chi connectivity index (χ1n) is 12.8. The predicted molar refractivity (Wildman–Crippen MR) is 159 cm³/mol. The first-order chi connectivity index (χ1) is 18.4. The summed E-state index contributed by atoms with van der Waals surface area (Å²) in [5, 5.41) is 4.90. The highest BCUT2D eigenvalue weighted by atomic mass is 35.5. The van der Waals surface area contributed by atoms with E-state index < -0.39 is 6.04 Å². The van der Waals surface area contributed by atoms with Gasteiger partial charge in [-0.15, -0.1) is 11.8 Å². The maximum atomic E-state index is 13.8. The average Bonchev–Trinajstić information content (AvgIpc) is 3.42. The molecule has 1 atom stereocenters. The van der Waals surface area contributed by atoms with E-state index in [-0.39, 0.29) is 30.2 Å². The molecule has 8 heteroatoms. The average molecular weight is 590 g/mol. The van der Waals surface area contributed by atoms with Gasteiger partial charge in [0.05, 0.1) is 5.75 Å². The Morgan fingerprint density at radius 2 is 1.58 bits per heavy atom. The van der Waals surface area contributed by atoms with E-state index in [1.54, 1.807) is 17.0 Å². The van der Waals surface area contributed by atoms with Crippen molar-refractivity contribution < 1.29 is 9.59 Å². The minimum absolute atomic E-state index is 0.113. The SMILES string of the molecule is O=C(NC1CCCC1)C(Cc1ccccc1)N(Cc1ccc(Cl)cc1Cl)C(=O)CSCc1ccc(Cl)cc1. The Morgan fingerprint density at radius 3 is 2.26 bits per heavy atom. The van der Waals surface area contributed by atoms with Crippen molar-refractivity contribution in [3.05, 3.63) is 105 Å².